The Balaban J connectivity index is 4.39. The van der Waals surface area contributed by atoms with Gasteiger partial charge in [-0.05, 0) is 38.5 Å². The van der Waals surface area contributed by atoms with Crippen LogP contribution in [0.4, 0.5) is 0 Å². The summed E-state index contributed by atoms with van der Waals surface area (Å²) >= 11 is 0. The zero-order chi connectivity index (χ0) is 13.7. The first kappa shape index (κ1) is 16.9. The van der Waals surface area contributed by atoms with Crippen LogP contribution in [0.5, 0.6) is 0 Å². The van der Waals surface area contributed by atoms with Crippen molar-refractivity contribution < 1.29 is 13.5 Å². The molecule has 0 saturated heterocycles. The van der Waals surface area contributed by atoms with Crippen molar-refractivity contribution in [1.29, 1.82) is 0 Å². The number of rotatable bonds is 7. The van der Waals surface area contributed by atoms with Gasteiger partial charge in [0.15, 0.2) is 0 Å². The third-order valence-corrected chi connectivity index (χ3v) is 3.91. The minimum absolute atomic E-state index is 0.0426. The lowest BCUT2D eigenvalue weighted by Gasteiger charge is -2.33. The Morgan fingerprint density at radius 2 is 1.59 bits per heavy atom. The monoisotopic (exact) mass is 265 g/mol. The maximum Gasteiger partial charge on any atom is 0.212 e. The molecule has 0 aromatic heterocycles. The summed E-state index contributed by atoms with van der Waals surface area (Å²) in [5, 5.41) is 8.63. The van der Waals surface area contributed by atoms with Crippen molar-refractivity contribution in [3.63, 3.8) is 0 Å². The van der Waals surface area contributed by atoms with Gasteiger partial charge in [-0.2, -0.15) is 0 Å². The zero-order valence-electron chi connectivity index (χ0n) is 11.7. The lowest BCUT2D eigenvalue weighted by molar-refractivity contribution is 0.269. The second-order valence-electron chi connectivity index (χ2n) is 6.47. The molecule has 17 heavy (non-hydrogen) atoms. The van der Waals surface area contributed by atoms with Crippen LogP contribution in [0.2, 0.25) is 0 Å². The SMILES string of the molecule is CC(C)(C)CC(C)(C)NS(=O)(=O)CCCCO. The van der Waals surface area contributed by atoms with E-state index in [9.17, 15) is 8.42 Å². The Hall–Kier alpha value is -0.130. The highest BCUT2D eigenvalue weighted by molar-refractivity contribution is 7.89. The fraction of sp³-hybridized carbons (Fsp3) is 1.00. The van der Waals surface area contributed by atoms with E-state index in [1.54, 1.807) is 0 Å². The molecule has 0 bridgehead atoms. The minimum atomic E-state index is -3.24. The number of sulfonamides is 1. The van der Waals surface area contributed by atoms with Crippen molar-refractivity contribution in [3.05, 3.63) is 0 Å². The summed E-state index contributed by atoms with van der Waals surface area (Å²) in [7, 11) is -3.24. The normalized spacial score (nSPS) is 14.0. The van der Waals surface area contributed by atoms with Gasteiger partial charge in [-0.3, -0.25) is 0 Å². The molecule has 104 valence electrons. The van der Waals surface area contributed by atoms with E-state index in [-0.39, 0.29) is 17.8 Å². The Labute approximate surface area is 106 Å². The van der Waals surface area contributed by atoms with Gasteiger partial charge in [0.05, 0.1) is 5.75 Å². The first-order chi connectivity index (χ1) is 7.47. The molecule has 0 aromatic carbocycles. The molecule has 0 aliphatic carbocycles. The molecular formula is C12H27NO3S. The van der Waals surface area contributed by atoms with Gasteiger partial charge in [0, 0.05) is 12.1 Å². The molecule has 0 radical (unpaired) electrons. The standard InChI is InChI=1S/C12H27NO3S/c1-11(2,3)10-12(4,5)13-17(15,16)9-7-6-8-14/h13-14H,6-10H2,1-5H3. The summed E-state index contributed by atoms with van der Waals surface area (Å²) in [6.45, 7) is 10.1. The van der Waals surface area contributed by atoms with Gasteiger partial charge in [0.25, 0.3) is 0 Å². The minimum Gasteiger partial charge on any atom is -0.396 e. The van der Waals surface area contributed by atoms with E-state index in [1.807, 2.05) is 13.8 Å². The average molecular weight is 265 g/mol. The second-order valence-corrected chi connectivity index (χ2v) is 8.31. The van der Waals surface area contributed by atoms with Crippen LogP contribution in [0.1, 0.15) is 53.9 Å². The van der Waals surface area contributed by atoms with Crippen LogP contribution in [-0.4, -0.2) is 31.4 Å². The summed E-state index contributed by atoms with van der Waals surface area (Å²) in [6, 6.07) is 0. The molecule has 0 saturated carbocycles. The number of hydrogen-bond donors (Lipinski definition) is 2. The van der Waals surface area contributed by atoms with Crippen LogP contribution >= 0.6 is 0 Å². The summed E-state index contributed by atoms with van der Waals surface area (Å²) in [5.41, 5.74) is -0.354. The van der Waals surface area contributed by atoms with E-state index in [0.29, 0.717) is 12.8 Å². The Bertz CT molecular complexity index is 315. The second kappa shape index (κ2) is 6.16. The number of aliphatic hydroxyl groups is 1. The fourth-order valence-corrected chi connectivity index (χ4v) is 3.84. The maximum absolute atomic E-state index is 11.8. The van der Waals surface area contributed by atoms with E-state index in [0.717, 1.165) is 6.42 Å². The molecule has 0 heterocycles. The van der Waals surface area contributed by atoms with E-state index in [2.05, 4.69) is 25.5 Å². The molecule has 0 atom stereocenters. The zero-order valence-corrected chi connectivity index (χ0v) is 12.5. The Morgan fingerprint density at radius 3 is 2.00 bits per heavy atom. The van der Waals surface area contributed by atoms with Crippen molar-refractivity contribution in [2.45, 2.75) is 59.4 Å². The summed E-state index contributed by atoms with van der Waals surface area (Å²) in [4.78, 5) is 0. The van der Waals surface area contributed by atoms with Crippen LogP contribution in [0.3, 0.4) is 0 Å². The van der Waals surface area contributed by atoms with Crippen LogP contribution in [-0.2, 0) is 10.0 Å². The van der Waals surface area contributed by atoms with Crippen molar-refractivity contribution in [2.24, 2.45) is 5.41 Å². The smallest absolute Gasteiger partial charge is 0.212 e. The van der Waals surface area contributed by atoms with E-state index in [1.165, 1.54) is 0 Å². The Morgan fingerprint density at radius 1 is 1.06 bits per heavy atom. The predicted molar refractivity (Wildman–Crippen MR) is 71.4 cm³/mol. The summed E-state index contributed by atoms with van der Waals surface area (Å²) in [5.74, 6) is 0.0845. The van der Waals surface area contributed by atoms with Gasteiger partial charge in [0.1, 0.15) is 0 Å². The lowest BCUT2D eigenvalue weighted by atomic mass is 9.82. The molecule has 0 aromatic rings. The van der Waals surface area contributed by atoms with Gasteiger partial charge < -0.3 is 5.11 Å². The number of aliphatic hydroxyl groups excluding tert-OH is 1. The molecular weight excluding hydrogens is 238 g/mol. The number of nitrogens with one attached hydrogen (secondary N) is 1. The molecule has 0 aliphatic rings. The molecule has 0 aliphatic heterocycles. The quantitative estimate of drug-likeness (QED) is 0.691. The molecule has 5 heteroatoms. The van der Waals surface area contributed by atoms with Crippen molar-refractivity contribution in [3.8, 4) is 0 Å². The highest BCUT2D eigenvalue weighted by atomic mass is 32.2. The van der Waals surface area contributed by atoms with Crippen LogP contribution in [0.25, 0.3) is 0 Å². The molecule has 4 nitrogen and oxygen atoms in total. The maximum atomic E-state index is 11.8. The molecule has 0 unspecified atom stereocenters. The predicted octanol–water partition coefficient (Wildman–Crippen LogP) is 1.89. The molecule has 0 spiro atoms. The van der Waals surface area contributed by atoms with E-state index in [4.69, 9.17) is 5.11 Å². The largest absolute Gasteiger partial charge is 0.396 e. The average Bonchev–Trinajstić information content (AvgIpc) is 1.96. The molecule has 0 rings (SSSR count). The number of hydrogen-bond acceptors (Lipinski definition) is 3. The van der Waals surface area contributed by atoms with Crippen molar-refractivity contribution >= 4 is 10.0 Å². The molecule has 2 N–H and O–H groups in total. The van der Waals surface area contributed by atoms with E-state index < -0.39 is 15.6 Å². The summed E-state index contributed by atoms with van der Waals surface area (Å²) < 4.78 is 26.4. The van der Waals surface area contributed by atoms with Crippen LogP contribution in [0, 0.1) is 5.41 Å². The highest BCUT2D eigenvalue weighted by Crippen LogP contribution is 2.27. The van der Waals surface area contributed by atoms with Gasteiger partial charge in [0.2, 0.25) is 10.0 Å². The highest BCUT2D eigenvalue weighted by Gasteiger charge is 2.29. The van der Waals surface area contributed by atoms with Gasteiger partial charge in [-0.15, -0.1) is 0 Å². The first-order valence-electron chi connectivity index (χ1n) is 6.10. The van der Waals surface area contributed by atoms with Crippen LogP contribution in [0.15, 0.2) is 0 Å². The third kappa shape index (κ3) is 9.56. The number of unbranched alkanes of at least 4 members (excludes halogenated alkanes) is 1. The molecule has 0 fully saturated rings. The van der Waals surface area contributed by atoms with Crippen LogP contribution < -0.4 is 4.72 Å². The Kier molecular flexibility index (Phi) is 6.11. The first-order valence-corrected chi connectivity index (χ1v) is 7.75. The summed E-state index contributed by atoms with van der Waals surface area (Å²) in [6.07, 6.45) is 1.80. The van der Waals surface area contributed by atoms with Gasteiger partial charge in [-0.1, -0.05) is 20.8 Å². The van der Waals surface area contributed by atoms with E-state index >= 15 is 0 Å². The van der Waals surface area contributed by atoms with Crippen molar-refractivity contribution in [2.75, 3.05) is 12.4 Å². The lowest BCUT2D eigenvalue weighted by Crippen LogP contribution is -2.46. The van der Waals surface area contributed by atoms with Gasteiger partial charge in [-0.25, -0.2) is 13.1 Å². The fourth-order valence-electron chi connectivity index (χ4n) is 2.24. The van der Waals surface area contributed by atoms with Crippen molar-refractivity contribution in [1.82, 2.24) is 4.72 Å². The van der Waals surface area contributed by atoms with Gasteiger partial charge >= 0.3 is 0 Å². The third-order valence-electron chi connectivity index (χ3n) is 2.23. The molecule has 0 amide bonds. The topological polar surface area (TPSA) is 66.4 Å².